The van der Waals surface area contributed by atoms with Crippen molar-refractivity contribution in [1.82, 2.24) is 9.47 Å². The summed E-state index contributed by atoms with van der Waals surface area (Å²) < 4.78 is 2.43. The van der Waals surface area contributed by atoms with E-state index in [4.69, 9.17) is 0 Å². The highest BCUT2D eigenvalue weighted by Crippen LogP contribution is 2.47. The van der Waals surface area contributed by atoms with Gasteiger partial charge in [-0.3, -0.25) is 0 Å². The molecule has 2 aromatic carbocycles. The maximum atomic E-state index is 11.8. The van der Waals surface area contributed by atoms with E-state index in [1.165, 1.54) is 60.0 Å². The minimum absolute atomic E-state index is 0.373. The molecule has 1 saturated carbocycles. The molecule has 0 radical (unpaired) electrons. The maximum Gasteiger partial charge on any atom is 0.335 e. The number of anilines is 1. The van der Waals surface area contributed by atoms with Crippen LogP contribution in [0.15, 0.2) is 42.5 Å². The number of carbonyl (C=O) groups is 1. The second-order valence-corrected chi connectivity index (χ2v) is 10.9. The van der Waals surface area contributed by atoms with E-state index >= 15 is 0 Å². The third-order valence-corrected chi connectivity index (χ3v) is 7.89. The molecule has 0 atom stereocenters. The largest absolute Gasteiger partial charge is 0.478 e. The molecule has 0 saturated heterocycles. The van der Waals surface area contributed by atoms with E-state index < -0.39 is 5.97 Å². The summed E-state index contributed by atoms with van der Waals surface area (Å²) in [5, 5.41) is 11.0. The van der Waals surface area contributed by atoms with Crippen molar-refractivity contribution in [2.75, 3.05) is 38.1 Å². The van der Waals surface area contributed by atoms with Crippen LogP contribution in [0.1, 0.15) is 67.8 Å². The number of rotatable bonds is 7. The Balaban J connectivity index is 1.62. The minimum atomic E-state index is -0.856. The Morgan fingerprint density at radius 3 is 2.60 bits per heavy atom. The van der Waals surface area contributed by atoms with Crippen molar-refractivity contribution in [3.8, 4) is 11.3 Å². The predicted molar refractivity (Wildman–Crippen MR) is 145 cm³/mol. The van der Waals surface area contributed by atoms with Crippen LogP contribution in [0, 0.1) is 5.92 Å². The molecular weight excluding hydrogens is 434 g/mol. The van der Waals surface area contributed by atoms with Crippen molar-refractivity contribution in [2.45, 2.75) is 58.4 Å². The first-order valence-corrected chi connectivity index (χ1v) is 13.4. The zero-order chi connectivity index (χ0) is 24.5. The van der Waals surface area contributed by atoms with Crippen molar-refractivity contribution in [2.24, 2.45) is 5.92 Å². The van der Waals surface area contributed by atoms with Crippen LogP contribution in [-0.4, -0.2) is 53.8 Å². The number of hydrogen-bond donors (Lipinski definition) is 1. The second kappa shape index (κ2) is 10.1. The van der Waals surface area contributed by atoms with Crippen molar-refractivity contribution in [1.29, 1.82) is 0 Å². The van der Waals surface area contributed by atoms with Gasteiger partial charge >= 0.3 is 5.97 Å². The number of aromatic carboxylic acids is 1. The molecule has 2 heterocycles. The fraction of sp³-hybridized carbons (Fsp3) is 0.500. The maximum absolute atomic E-state index is 11.8. The smallest absolute Gasteiger partial charge is 0.335 e. The highest BCUT2D eigenvalue weighted by atomic mass is 16.4. The standard InChI is InChI=1S/C30H39N3O2/c1-21(2)20-31(3)15-16-32-17-18-33-27-19-23(30(34)35)13-14-24(27)28(22-9-5-4-6-10-22)29(33)25-11-7-8-12-26(25)32/h7-8,11-14,19,21-22H,4-6,9-10,15-18,20H2,1-3H3,(H,34,35). The fourth-order valence-electron chi connectivity index (χ4n) is 6.37. The molecule has 0 bridgehead atoms. The second-order valence-electron chi connectivity index (χ2n) is 10.9. The van der Waals surface area contributed by atoms with Gasteiger partial charge < -0.3 is 19.5 Å². The molecule has 1 aromatic heterocycles. The van der Waals surface area contributed by atoms with Crippen molar-refractivity contribution in [3.05, 3.63) is 53.6 Å². The van der Waals surface area contributed by atoms with Gasteiger partial charge in [0, 0.05) is 54.9 Å². The van der Waals surface area contributed by atoms with Crippen LogP contribution >= 0.6 is 0 Å². The Morgan fingerprint density at radius 2 is 1.86 bits per heavy atom. The summed E-state index contributed by atoms with van der Waals surface area (Å²) in [6.07, 6.45) is 6.32. The van der Waals surface area contributed by atoms with Gasteiger partial charge in [0.1, 0.15) is 0 Å². The van der Waals surface area contributed by atoms with Gasteiger partial charge in [-0.1, -0.05) is 57.4 Å². The molecule has 1 aliphatic carbocycles. The first-order valence-electron chi connectivity index (χ1n) is 13.4. The van der Waals surface area contributed by atoms with Crippen LogP contribution in [0.5, 0.6) is 0 Å². The van der Waals surface area contributed by atoms with Gasteiger partial charge in [-0.2, -0.15) is 0 Å². The topological polar surface area (TPSA) is 48.7 Å². The molecule has 5 rings (SSSR count). The number of carboxylic acid groups (broad SMARTS) is 1. The number of carboxylic acids is 1. The summed E-state index contributed by atoms with van der Waals surface area (Å²) in [7, 11) is 2.22. The summed E-state index contributed by atoms with van der Waals surface area (Å²) in [5.74, 6) is 0.338. The van der Waals surface area contributed by atoms with E-state index in [9.17, 15) is 9.90 Å². The lowest BCUT2D eigenvalue weighted by Gasteiger charge is -2.28. The van der Waals surface area contributed by atoms with E-state index in [1.807, 2.05) is 6.07 Å². The fourth-order valence-corrected chi connectivity index (χ4v) is 6.37. The lowest BCUT2D eigenvalue weighted by Crippen LogP contribution is -2.36. The number of nitrogens with zero attached hydrogens (tertiary/aromatic N) is 3. The Hall–Kier alpha value is -2.79. The highest BCUT2D eigenvalue weighted by molar-refractivity contribution is 5.99. The van der Waals surface area contributed by atoms with E-state index in [0.29, 0.717) is 17.4 Å². The van der Waals surface area contributed by atoms with Gasteiger partial charge in [-0.25, -0.2) is 4.79 Å². The Kier molecular flexibility index (Phi) is 6.88. The number of hydrogen-bond acceptors (Lipinski definition) is 3. The molecule has 35 heavy (non-hydrogen) atoms. The minimum Gasteiger partial charge on any atom is -0.478 e. The molecule has 186 valence electrons. The monoisotopic (exact) mass is 473 g/mol. The summed E-state index contributed by atoms with van der Waals surface area (Å²) in [6.45, 7) is 9.45. The third kappa shape index (κ3) is 4.71. The lowest BCUT2D eigenvalue weighted by atomic mass is 9.81. The van der Waals surface area contributed by atoms with Crippen molar-refractivity contribution in [3.63, 3.8) is 0 Å². The number of fused-ring (bicyclic) bond motifs is 5. The first-order chi connectivity index (χ1) is 16.9. The molecule has 1 aliphatic heterocycles. The average molecular weight is 474 g/mol. The van der Waals surface area contributed by atoms with Gasteiger partial charge in [-0.05, 0) is 55.5 Å². The normalized spacial score (nSPS) is 16.5. The van der Waals surface area contributed by atoms with E-state index in [0.717, 1.165) is 38.2 Å². The number of para-hydroxylation sites is 1. The van der Waals surface area contributed by atoms with Crippen LogP contribution in [-0.2, 0) is 6.54 Å². The molecule has 1 fully saturated rings. The highest BCUT2D eigenvalue weighted by Gasteiger charge is 2.30. The van der Waals surface area contributed by atoms with E-state index in [2.05, 4.69) is 65.6 Å². The quantitative estimate of drug-likeness (QED) is 0.428. The summed E-state index contributed by atoms with van der Waals surface area (Å²) in [4.78, 5) is 16.8. The van der Waals surface area contributed by atoms with Crippen LogP contribution < -0.4 is 4.90 Å². The van der Waals surface area contributed by atoms with Gasteiger partial charge in [-0.15, -0.1) is 0 Å². The van der Waals surface area contributed by atoms with E-state index in [1.54, 1.807) is 6.07 Å². The van der Waals surface area contributed by atoms with Gasteiger partial charge in [0.2, 0.25) is 0 Å². The molecule has 0 amide bonds. The van der Waals surface area contributed by atoms with E-state index in [-0.39, 0.29) is 0 Å². The predicted octanol–water partition coefficient (Wildman–Crippen LogP) is 6.46. The summed E-state index contributed by atoms with van der Waals surface area (Å²) in [5.41, 5.74) is 6.82. The molecule has 0 spiro atoms. The SMILES string of the molecule is CC(C)CN(C)CCN1CCn2c(c(C3CCCCC3)c3ccc(C(=O)O)cc32)-c2ccccc21. The number of aromatic nitrogens is 1. The first kappa shape index (κ1) is 23.9. The average Bonchev–Trinajstić information content (AvgIpc) is 3.08. The van der Waals surface area contributed by atoms with Gasteiger partial charge in [0.25, 0.3) is 0 Å². The molecule has 0 unspecified atom stereocenters. The van der Waals surface area contributed by atoms with Gasteiger partial charge in [0.05, 0.1) is 11.3 Å². The molecule has 3 aromatic rings. The van der Waals surface area contributed by atoms with Crippen LogP contribution in [0.25, 0.3) is 22.2 Å². The van der Waals surface area contributed by atoms with Gasteiger partial charge in [0.15, 0.2) is 0 Å². The Morgan fingerprint density at radius 1 is 1.09 bits per heavy atom. The van der Waals surface area contributed by atoms with Crippen LogP contribution in [0.3, 0.4) is 0 Å². The summed E-state index contributed by atoms with van der Waals surface area (Å²) in [6, 6.07) is 14.6. The lowest BCUT2D eigenvalue weighted by molar-refractivity contribution is 0.0697. The summed E-state index contributed by atoms with van der Waals surface area (Å²) >= 11 is 0. The molecule has 2 aliphatic rings. The molecule has 1 N–H and O–H groups in total. The molecular formula is C30H39N3O2. The molecule has 5 nitrogen and oxygen atoms in total. The van der Waals surface area contributed by atoms with Crippen molar-refractivity contribution < 1.29 is 9.90 Å². The Bertz CT molecular complexity index is 1210. The third-order valence-electron chi connectivity index (χ3n) is 7.89. The zero-order valence-corrected chi connectivity index (χ0v) is 21.5. The van der Waals surface area contributed by atoms with Crippen molar-refractivity contribution >= 4 is 22.6 Å². The zero-order valence-electron chi connectivity index (χ0n) is 21.5. The van der Waals surface area contributed by atoms with Crippen LogP contribution in [0.4, 0.5) is 5.69 Å². The molecule has 5 heteroatoms. The Labute approximate surface area is 209 Å². The number of benzene rings is 2. The number of likely N-dealkylation sites (N-methyl/N-ethyl adjacent to an activating group) is 1. The van der Waals surface area contributed by atoms with Crippen LogP contribution in [0.2, 0.25) is 0 Å².